The number of aryl methyl sites for hydroxylation is 1. The number of piperazine rings is 1. The van der Waals surface area contributed by atoms with E-state index in [1.165, 1.54) is 0 Å². The molecule has 0 bridgehead atoms. The van der Waals surface area contributed by atoms with Crippen molar-refractivity contribution in [3.63, 3.8) is 0 Å². The van der Waals surface area contributed by atoms with Crippen molar-refractivity contribution < 1.29 is 4.79 Å². The fourth-order valence-electron chi connectivity index (χ4n) is 3.65. The highest BCUT2D eigenvalue weighted by Crippen LogP contribution is 2.30. The van der Waals surface area contributed by atoms with Gasteiger partial charge in [0.2, 0.25) is 0 Å². The highest BCUT2D eigenvalue weighted by molar-refractivity contribution is 7.14. The number of halogens is 1. The second kappa shape index (κ2) is 8.79. The number of carbonyl (C=O) groups excluding carboxylic acids is 1. The minimum absolute atomic E-state index is 0.149. The van der Waals surface area contributed by atoms with E-state index < -0.39 is 0 Å². The maximum Gasteiger partial charge on any atom is 0.173 e. The van der Waals surface area contributed by atoms with Crippen LogP contribution in [0.1, 0.15) is 26.5 Å². The quantitative estimate of drug-likeness (QED) is 0.599. The van der Waals surface area contributed by atoms with Crippen LogP contribution in [-0.4, -0.2) is 53.8 Å². The van der Waals surface area contributed by atoms with Gasteiger partial charge in [0.15, 0.2) is 5.78 Å². The lowest BCUT2D eigenvalue weighted by molar-refractivity contribution is 0.0986. The van der Waals surface area contributed by atoms with Crippen LogP contribution in [0.2, 0.25) is 5.02 Å². The van der Waals surface area contributed by atoms with Crippen LogP contribution in [0.5, 0.6) is 0 Å². The van der Waals surface area contributed by atoms with Gasteiger partial charge in [-0.3, -0.25) is 9.69 Å². The minimum Gasteiger partial charge on any atom is -0.383 e. The molecule has 0 unspecified atom stereocenters. The number of rotatable bonds is 6. The first-order chi connectivity index (χ1) is 14.0. The number of nitrogens with zero attached hydrogens (tertiary/aromatic N) is 3. The third kappa shape index (κ3) is 4.78. The number of Topliss-reactive ketones (excluding diaryl/α,β-unsaturated/α-hetero) is 1. The first-order valence-corrected chi connectivity index (χ1v) is 11.0. The van der Waals surface area contributed by atoms with Crippen LogP contribution in [0, 0.1) is 0 Å². The molecule has 5 nitrogen and oxygen atoms in total. The van der Waals surface area contributed by atoms with Gasteiger partial charge in [-0.1, -0.05) is 29.8 Å². The number of benzene rings is 1. The fourth-order valence-corrected chi connectivity index (χ4v) is 5.06. The van der Waals surface area contributed by atoms with Gasteiger partial charge in [-0.15, -0.1) is 11.3 Å². The zero-order chi connectivity index (χ0) is 20.4. The van der Waals surface area contributed by atoms with Crippen molar-refractivity contribution >= 4 is 45.3 Å². The summed E-state index contributed by atoms with van der Waals surface area (Å²) in [5.74, 6) is 0.683. The molecule has 1 fully saturated rings. The Balaban J connectivity index is 1.39. The highest BCUT2D eigenvalue weighted by atomic mass is 35.5. The third-order valence-electron chi connectivity index (χ3n) is 5.50. The Morgan fingerprint density at radius 1 is 1.21 bits per heavy atom. The summed E-state index contributed by atoms with van der Waals surface area (Å²) in [5, 5.41) is 2.71. The van der Waals surface area contributed by atoms with E-state index in [-0.39, 0.29) is 5.78 Å². The lowest BCUT2D eigenvalue weighted by atomic mass is 10.0. The third-order valence-corrected chi connectivity index (χ3v) is 7.11. The molecule has 2 aromatic heterocycles. The predicted octanol–water partition coefficient (Wildman–Crippen LogP) is 4.09. The van der Waals surface area contributed by atoms with Crippen LogP contribution in [0.15, 0.2) is 36.5 Å². The normalized spacial score (nSPS) is 15.8. The van der Waals surface area contributed by atoms with Crippen LogP contribution in [0.3, 0.4) is 0 Å². The maximum absolute atomic E-state index is 12.7. The van der Waals surface area contributed by atoms with Crippen molar-refractivity contribution in [1.82, 2.24) is 14.8 Å². The van der Waals surface area contributed by atoms with Gasteiger partial charge in [-0.05, 0) is 36.6 Å². The Morgan fingerprint density at radius 3 is 2.79 bits per heavy atom. The molecule has 4 rings (SSSR count). The predicted molar refractivity (Wildman–Crippen MR) is 121 cm³/mol. The molecular formula is C22H25ClN4OS. The second-order valence-electron chi connectivity index (χ2n) is 7.64. The first kappa shape index (κ1) is 20.3. The lowest BCUT2D eigenvalue weighted by Crippen LogP contribution is -2.43. The van der Waals surface area contributed by atoms with E-state index in [1.54, 1.807) is 17.5 Å². The van der Waals surface area contributed by atoms with Crippen LogP contribution in [0.4, 0.5) is 5.82 Å². The summed E-state index contributed by atoms with van der Waals surface area (Å²) < 4.78 is 0. The van der Waals surface area contributed by atoms with Gasteiger partial charge in [0.05, 0.1) is 9.90 Å². The molecule has 0 saturated carbocycles. The summed E-state index contributed by atoms with van der Waals surface area (Å²) in [7, 11) is 2.15. The number of fused-ring (bicyclic) bond motifs is 1. The van der Waals surface area contributed by atoms with Gasteiger partial charge in [-0.25, -0.2) is 4.98 Å². The Labute approximate surface area is 180 Å². The summed E-state index contributed by atoms with van der Waals surface area (Å²) in [6.45, 7) is 5.04. The zero-order valence-corrected chi connectivity index (χ0v) is 18.1. The summed E-state index contributed by atoms with van der Waals surface area (Å²) >= 11 is 7.98. The molecule has 7 heteroatoms. The van der Waals surface area contributed by atoms with E-state index >= 15 is 0 Å². The molecule has 3 heterocycles. The zero-order valence-electron chi connectivity index (χ0n) is 16.5. The van der Waals surface area contributed by atoms with Crippen molar-refractivity contribution in [2.24, 2.45) is 0 Å². The second-order valence-corrected chi connectivity index (χ2v) is 9.18. The molecule has 1 aliphatic rings. The number of carbonyl (C=O) groups is 1. The lowest BCUT2D eigenvalue weighted by Gasteiger charge is -2.32. The van der Waals surface area contributed by atoms with Gasteiger partial charge in [0.25, 0.3) is 0 Å². The maximum atomic E-state index is 12.7. The Hall–Kier alpha value is -1.99. The summed E-state index contributed by atoms with van der Waals surface area (Å²) in [4.78, 5) is 23.4. The molecule has 1 saturated heterocycles. The van der Waals surface area contributed by atoms with Crippen molar-refractivity contribution in [3.05, 3.63) is 56.9 Å². The van der Waals surface area contributed by atoms with Gasteiger partial charge in [-0.2, -0.15) is 0 Å². The molecule has 2 N–H and O–H groups in total. The minimum atomic E-state index is 0.149. The van der Waals surface area contributed by atoms with Crippen LogP contribution in [-0.2, 0) is 13.0 Å². The van der Waals surface area contributed by atoms with Crippen LogP contribution in [0.25, 0.3) is 10.8 Å². The number of aromatic nitrogens is 1. The molecule has 3 aromatic rings. The number of hydrogen-bond acceptors (Lipinski definition) is 6. The van der Waals surface area contributed by atoms with Crippen molar-refractivity contribution in [1.29, 1.82) is 0 Å². The van der Waals surface area contributed by atoms with E-state index in [2.05, 4.69) is 27.9 Å². The summed E-state index contributed by atoms with van der Waals surface area (Å²) in [6, 6.07) is 9.87. The molecule has 1 aliphatic heterocycles. The van der Waals surface area contributed by atoms with Crippen molar-refractivity contribution in [2.75, 3.05) is 39.0 Å². The number of nitrogen functional groups attached to an aromatic ring is 1. The van der Waals surface area contributed by atoms with Crippen molar-refractivity contribution in [3.8, 4) is 0 Å². The highest BCUT2D eigenvalue weighted by Gasteiger charge is 2.19. The molecule has 152 valence electrons. The van der Waals surface area contributed by atoms with Gasteiger partial charge >= 0.3 is 0 Å². The number of ketones is 1. The van der Waals surface area contributed by atoms with E-state index in [0.29, 0.717) is 23.7 Å². The van der Waals surface area contributed by atoms with Gasteiger partial charge in [0, 0.05) is 55.6 Å². The Bertz CT molecular complexity index is 1030. The van der Waals surface area contributed by atoms with Gasteiger partial charge in [0.1, 0.15) is 5.82 Å². The smallest absolute Gasteiger partial charge is 0.173 e. The number of nitrogens with two attached hydrogens (primary N) is 1. The number of hydrogen-bond donors (Lipinski definition) is 1. The fraction of sp³-hybridized carbons (Fsp3) is 0.364. The monoisotopic (exact) mass is 428 g/mol. The van der Waals surface area contributed by atoms with Crippen molar-refractivity contribution in [2.45, 2.75) is 19.4 Å². The molecule has 29 heavy (non-hydrogen) atoms. The molecular weight excluding hydrogens is 404 g/mol. The number of likely N-dealkylation sites (N-methyl/N-ethyl adjacent to an activating group) is 1. The van der Waals surface area contributed by atoms with E-state index in [4.69, 9.17) is 17.3 Å². The number of thiophene rings is 1. The van der Waals surface area contributed by atoms with E-state index in [1.807, 2.05) is 24.3 Å². The average Bonchev–Trinajstić information content (AvgIpc) is 3.08. The number of anilines is 1. The molecule has 0 atom stereocenters. The Kier molecular flexibility index (Phi) is 6.15. The topological polar surface area (TPSA) is 62.5 Å². The van der Waals surface area contributed by atoms with Crippen LogP contribution >= 0.6 is 22.9 Å². The standard InChI is InChI=1S/C22H25ClN4OS/c1-26-8-10-27(11-9-26)14-21-18(23)13-20(29-21)19(28)5-3-15-2-4-17-16(12-15)6-7-25-22(17)24/h2,4,6-7,12-13H,3,5,8-11,14H2,1H3,(H2,24,25). The molecule has 0 radical (unpaired) electrons. The first-order valence-electron chi connectivity index (χ1n) is 9.85. The summed E-state index contributed by atoms with van der Waals surface area (Å²) in [6.07, 6.45) is 2.87. The van der Waals surface area contributed by atoms with Crippen LogP contribution < -0.4 is 5.73 Å². The SMILES string of the molecule is CN1CCN(Cc2sc(C(=O)CCc3ccc4c(N)nccc4c3)cc2Cl)CC1. The summed E-state index contributed by atoms with van der Waals surface area (Å²) in [5.41, 5.74) is 7.03. The Morgan fingerprint density at radius 2 is 2.00 bits per heavy atom. The molecule has 0 aliphatic carbocycles. The molecule has 1 aromatic carbocycles. The number of pyridine rings is 1. The van der Waals surface area contributed by atoms with E-state index in [0.717, 1.165) is 58.8 Å². The molecule has 0 amide bonds. The van der Waals surface area contributed by atoms with Gasteiger partial charge < -0.3 is 10.6 Å². The average molecular weight is 429 g/mol. The molecule has 0 spiro atoms. The largest absolute Gasteiger partial charge is 0.383 e. The van der Waals surface area contributed by atoms with E-state index in [9.17, 15) is 4.79 Å².